The van der Waals surface area contributed by atoms with Crippen LogP contribution in [0, 0.1) is 0 Å². The van der Waals surface area contributed by atoms with E-state index in [9.17, 15) is 28.3 Å². The fraction of sp³-hybridized carbons (Fsp3) is 0.0690. The number of rotatable bonds is 11. The molecule has 0 saturated carbocycles. The van der Waals surface area contributed by atoms with Crippen molar-refractivity contribution in [3.05, 3.63) is 123 Å². The molecule has 2 heterocycles. The van der Waals surface area contributed by atoms with Crippen molar-refractivity contribution in [3.8, 4) is 22.1 Å². The summed E-state index contributed by atoms with van der Waals surface area (Å²) >= 11 is 4.46. The van der Waals surface area contributed by atoms with Crippen molar-refractivity contribution in [1.29, 1.82) is 0 Å². The van der Waals surface area contributed by atoms with Crippen LogP contribution in [0.1, 0.15) is 31.8 Å². The van der Waals surface area contributed by atoms with Crippen molar-refractivity contribution >= 4 is 46.7 Å². The van der Waals surface area contributed by atoms with E-state index in [1.807, 2.05) is 0 Å². The van der Waals surface area contributed by atoms with Gasteiger partial charge < -0.3 is 9.84 Å². The Morgan fingerprint density at radius 3 is 2.36 bits per heavy atom. The summed E-state index contributed by atoms with van der Waals surface area (Å²) in [5.41, 5.74) is 1.97. The number of nitrogens with zero attached hydrogens (tertiary/aromatic N) is 4. The number of pyridine rings is 1. The number of halogens is 3. The number of amides is 1. The van der Waals surface area contributed by atoms with Crippen LogP contribution in [0.3, 0.4) is 0 Å². The van der Waals surface area contributed by atoms with Crippen LogP contribution in [0.15, 0.2) is 101 Å². The third-order valence-corrected chi connectivity index (χ3v) is 9.05. The van der Waals surface area contributed by atoms with Gasteiger partial charge in [-0.25, -0.2) is 9.48 Å². The minimum atomic E-state index is -4.60. The molecule has 1 amide bonds. The largest absolute Gasteiger partial charge is 0.478 e. The van der Waals surface area contributed by atoms with E-state index in [-0.39, 0.29) is 22.5 Å². The maximum Gasteiger partial charge on any atom is 0.399 e. The lowest BCUT2D eigenvalue weighted by Crippen LogP contribution is -2.19. The smallest absolute Gasteiger partial charge is 0.399 e. The predicted octanol–water partition coefficient (Wildman–Crippen LogP) is 7.54. The standard InChI is InChI=1S/C29H20BrF2N4O7PS/c30-25-13-18(7-8-22(25)17-44(40,42-31)43-32)16-36-29(34-26(37)19-9-11-33-12-10-19)45-27(35-36)20-3-1-5-23(14-20)41-24-6-2-4-21(15-24)28(38)39/h1-15H,16-17H2,(H,38,39). The van der Waals surface area contributed by atoms with Gasteiger partial charge >= 0.3 is 13.6 Å². The second-order valence-corrected chi connectivity index (χ2v) is 12.9. The molecule has 0 unspecified atom stereocenters. The van der Waals surface area contributed by atoms with Crippen LogP contribution in [-0.2, 0) is 26.7 Å². The molecule has 0 bridgehead atoms. The van der Waals surface area contributed by atoms with E-state index >= 15 is 0 Å². The van der Waals surface area contributed by atoms with Gasteiger partial charge in [0.1, 0.15) is 16.5 Å². The SMILES string of the molecule is O=C(O)c1cccc(Oc2cccc(-c3nn(Cc4ccc(CP(=O)(OF)OF)c(Br)c4)c(=NC(=O)c4ccncc4)s3)c2)c1. The zero-order valence-electron chi connectivity index (χ0n) is 22.7. The molecule has 1 N–H and O–H groups in total. The van der Waals surface area contributed by atoms with Gasteiger partial charge in [0.15, 0.2) is 0 Å². The maximum absolute atomic E-state index is 13.0. The monoisotopic (exact) mass is 716 g/mol. The molecule has 0 fully saturated rings. The highest BCUT2D eigenvalue weighted by Crippen LogP contribution is 2.53. The molecule has 0 aliphatic rings. The molecule has 11 nitrogen and oxygen atoms in total. The Morgan fingerprint density at radius 1 is 0.956 bits per heavy atom. The van der Waals surface area contributed by atoms with Crippen molar-refractivity contribution in [2.45, 2.75) is 12.7 Å². The Hall–Kier alpha value is -4.40. The first-order valence-electron chi connectivity index (χ1n) is 12.8. The van der Waals surface area contributed by atoms with E-state index in [0.29, 0.717) is 37.7 Å². The number of ether oxygens (including phenoxy) is 1. The third kappa shape index (κ3) is 8.01. The molecular weight excluding hydrogens is 697 g/mol. The number of aromatic nitrogens is 3. The average molecular weight is 717 g/mol. The zero-order chi connectivity index (χ0) is 32.0. The van der Waals surface area contributed by atoms with Crippen LogP contribution >= 0.6 is 34.9 Å². The van der Waals surface area contributed by atoms with Gasteiger partial charge in [-0.1, -0.05) is 57.6 Å². The van der Waals surface area contributed by atoms with Crippen molar-refractivity contribution in [3.63, 3.8) is 0 Å². The van der Waals surface area contributed by atoms with Crippen molar-refractivity contribution in [2.75, 3.05) is 0 Å². The van der Waals surface area contributed by atoms with Crippen LogP contribution in [-0.4, -0.2) is 31.7 Å². The van der Waals surface area contributed by atoms with Crippen molar-refractivity contribution in [2.24, 2.45) is 4.99 Å². The highest BCUT2D eigenvalue weighted by Gasteiger charge is 2.29. The summed E-state index contributed by atoms with van der Waals surface area (Å²) in [6, 6.07) is 20.9. The van der Waals surface area contributed by atoms with Gasteiger partial charge in [0, 0.05) is 28.0 Å². The summed E-state index contributed by atoms with van der Waals surface area (Å²) in [7, 11) is -4.60. The lowest BCUT2D eigenvalue weighted by Gasteiger charge is -2.10. The summed E-state index contributed by atoms with van der Waals surface area (Å²) < 4.78 is 51.3. The van der Waals surface area contributed by atoms with Gasteiger partial charge in [0.2, 0.25) is 4.80 Å². The van der Waals surface area contributed by atoms with E-state index in [1.54, 1.807) is 48.5 Å². The van der Waals surface area contributed by atoms with Crippen LogP contribution in [0.2, 0.25) is 0 Å². The second kappa shape index (κ2) is 14.1. The Bertz CT molecular complexity index is 1980. The number of carbonyl (C=O) groups excluding carboxylic acids is 1. The van der Waals surface area contributed by atoms with E-state index < -0.39 is 25.6 Å². The average Bonchev–Trinajstić information content (AvgIpc) is 3.44. The van der Waals surface area contributed by atoms with Gasteiger partial charge in [-0.15, -0.1) is 9.46 Å². The number of carboxylic acid groups (broad SMARTS) is 1. The predicted molar refractivity (Wildman–Crippen MR) is 162 cm³/mol. The number of carbonyl (C=O) groups is 2. The molecule has 0 aliphatic heterocycles. The molecule has 5 rings (SSSR count). The van der Waals surface area contributed by atoms with Crippen LogP contribution in [0.5, 0.6) is 11.5 Å². The van der Waals surface area contributed by atoms with E-state index in [1.165, 1.54) is 47.4 Å². The molecule has 0 saturated heterocycles. The fourth-order valence-electron chi connectivity index (χ4n) is 4.04. The van der Waals surface area contributed by atoms with Gasteiger partial charge in [-0.3, -0.25) is 14.3 Å². The van der Waals surface area contributed by atoms with Crippen LogP contribution in [0.25, 0.3) is 10.6 Å². The minimum Gasteiger partial charge on any atom is -0.478 e. The highest BCUT2D eigenvalue weighted by atomic mass is 79.9. The first-order chi connectivity index (χ1) is 21.7. The first kappa shape index (κ1) is 32.0. The normalized spacial score (nSPS) is 11.8. The molecule has 5 aromatic rings. The van der Waals surface area contributed by atoms with Gasteiger partial charge in [0.25, 0.3) is 5.91 Å². The van der Waals surface area contributed by atoms with Crippen molar-refractivity contribution < 1.29 is 42.5 Å². The summed E-state index contributed by atoms with van der Waals surface area (Å²) in [5.74, 6) is -0.833. The molecule has 2 aromatic heterocycles. The van der Waals surface area contributed by atoms with E-state index in [4.69, 9.17) is 9.84 Å². The minimum absolute atomic E-state index is 0.0786. The number of aromatic carboxylic acids is 1. The van der Waals surface area contributed by atoms with E-state index in [0.717, 1.165) is 11.3 Å². The maximum atomic E-state index is 13.0. The summed E-state index contributed by atoms with van der Waals surface area (Å²) in [6.45, 7) is 0.132. The summed E-state index contributed by atoms with van der Waals surface area (Å²) in [4.78, 5) is 32.8. The molecule has 16 heteroatoms. The number of hydrogen-bond acceptors (Lipinski definition) is 9. The highest BCUT2D eigenvalue weighted by molar-refractivity contribution is 9.10. The first-order valence-corrected chi connectivity index (χ1v) is 16.2. The lowest BCUT2D eigenvalue weighted by molar-refractivity contribution is -0.0881. The van der Waals surface area contributed by atoms with Crippen LogP contribution in [0.4, 0.5) is 9.05 Å². The summed E-state index contributed by atoms with van der Waals surface area (Å²) in [6.07, 6.45) is 2.30. The Balaban J connectivity index is 1.49. The Morgan fingerprint density at radius 2 is 1.67 bits per heavy atom. The quantitative estimate of drug-likeness (QED) is 0.137. The second-order valence-electron chi connectivity index (χ2n) is 9.30. The Labute approximate surface area is 265 Å². The molecule has 0 radical (unpaired) electrons. The third-order valence-electron chi connectivity index (χ3n) is 6.17. The molecule has 3 aromatic carbocycles. The van der Waals surface area contributed by atoms with Crippen molar-refractivity contribution in [1.82, 2.24) is 14.8 Å². The molecule has 0 atom stereocenters. The number of hydrogen-bond donors (Lipinski definition) is 1. The molecular formula is C29H20BrF2N4O7PS. The van der Waals surface area contributed by atoms with Gasteiger partial charge in [-0.05, 0) is 68.7 Å². The topological polar surface area (TPSA) is 142 Å². The lowest BCUT2D eigenvalue weighted by atomic mass is 10.1. The van der Waals surface area contributed by atoms with Gasteiger partial charge in [-0.2, -0.15) is 10.1 Å². The van der Waals surface area contributed by atoms with E-state index in [2.05, 4.69) is 35.4 Å². The molecule has 230 valence electrons. The molecule has 0 aliphatic carbocycles. The molecule has 0 spiro atoms. The van der Waals surface area contributed by atoms with Gasteiger partial charge in [0.05, 0.1) is 18.3 Å². The number of carboxylic acids is 1. The number of benzene rings is 3. The van der Waals surface area contributed by atoms with Crippen LogP contribution < -0.4 is 9.54 Å². The summed E-state index contributed by atoms with van der Waals surface area (Å²) in [5, 5.41) is 14.5. The molecule has 45 heavy (non-hydrogen) atoms. The fourth-order valence-corrected chi connectivity index (χ4v) is 6.53. The Kier molecular flexibility index (Phi) is 10.1. The zero-order valence-corrected chi connectivity index (χ0v) is 26.0.